The predicted molar refractivity (Wildman–Crippen MR) is 47.7 cm³/mol. The quantitative estimate of drug-likeness (QED) is 0.349. The molecule has 0 saturated carbocycles. The normalized spacial score (nSPS) is 12.5. The van der Waals surface area contributed by atoms with Gasteiger partial charge < -0.3 is 16.6 Å². The van der Waals surface area contributed by atoms with Gasteiger partial charge in [-0.3, -0.25) is 9.59 Å². The first-order chi connectivity index (χ1) is 6.09. The summed E-state index contributed by atoms with van der Waals surface area (Å²) >= 11 is 0. The van der Waals surface area contributed by atoms with E-state index in [2.05, 4.69) is 0 Å². The van der Waals surface area contributed by atoms with Crippen molar-refractivity contribution in [2.75, 3.05) is 6.61 Å². The van der Waals surface area contributed by atoms with Gasteiger partial charge in [0.1, 0.15) is 6.04 Å². The van der Waals surface area contributed by atoms with Gasteiger partial charge in [-0.15, -0.1) is 0 Å². The standard InChI is InChI=1S/C8H16N2O3/c9-7(8(10)13)6(12)4-2-1-3-5-11/h7,11H,1-5,9H2,(H2,10,13). The van der Waals surface area contributed by atoms with Gasteiger partial charge in [0.25, 0.3) is 0 Å². The molecule has 0 aromatic heterocycles. The Hall–Kier alpha value is -0.940. The van der Waals surface area contributed by atoms with E-state index in [0.29, 0.717) is 12.8 Å². The highest BCUT2D eigenvalue weighted by Crippen LogP contribution is 2.01. The number of Topliss-reactive ketones (excluding diaryl/α,β-unsaturated/α-hetero) is 1. The highest BCUT2D eigenvalue weighted by molar-refractivity contribution is 6.04. The first-order valence-electron chi connectivity index (χ1n) is 4.28. The molecule has 0 radical (unpaired) electrons. The molecule has 1 unspecified atom stereocenters. The molecule has 0 heterocycles. The number of rotatable bonds is 7. The van der Waals surface area contributed by atoms with Crippen LogP contribution in [-0.4, -0.2) is 29.4 Å². The Labute approximate surface area is 77.1 Å². The fourth-order valence-electron chi connectivity index (χ4n) is 0.902. The highest BCUT2D eigenvalue weighted by atomic mass is 16.2. The number of carbonyl (C=O) groups excluding carboxylic acids is 2. The Bertz CT molecular complexity index is 182. The van der Waals surface area contributed by atoms with E-state index in [0.717, 1.165) is 6.42 Å². The van der Waals surface area contributed by atoms with Gasteiger partial charge in [0, 0.05) is 13.0 Å². The summed E-state index contributed by atoms with van der Waals surface area (Å²) in [6.07, 6.45) is 2.32. The van der Waals surface area contributed by atoms with Gasteiger partial charge >= 0.3 is 0 Å². The third kappa shape index (κ3) is 5.32. The van der Waals surface area contributed by atoms with Crippen LogP contribution < -0.4 is 11.5 Å². The summed E-state index contributed by atoms with van der Waals surface area (Å²) in [4.78, 5) is 21.5. The minimum Gasteiger partial charge on any atom is -0.396 e. The fourth-order valence-corrected chi connectivity index (χ4v) is 0.902. The Morgan fingerprint density at radius 1 is 1.23 bits per heavy atom. The molecule has 0 fully saturated rings. The highest BCUT2D eigenvalue weighted by Gasteiger charge is 2.17. The topological polar surface area (TPSA) is 106 Å². The van der Waals surface area contributed by atoms with Gasteiger partial charge in [0.2, 0.25) is 5.91 Å². The fraction of sp³-hybridized carbons (Fsp3) is 0.750. The number of aliphatic hydroxyl groups is 1. The molecule has 0 aliphatic rings. The van der Waals surface area contributed by atoms with Gasteiger partial charge in [-0.05, 0) is 12.8 Å². The summed E-state index contributed by atoms with van der Waals surface area (Å²) in [5.41, 5.74) is 10.0. The average Bonchev–Trinajstić information content (AvgIpc) is 2.10. The van der Waals surface area contributed by atoms with E-state index in [-0.39, 0.29) is 18.8 Å². The minimum atomic E-state index is -1.17. The molecular formula is C8H16N2O3. The van der Waals surface area contributed by atoms with Crippen molar-refractivity contribution in [2.24, 2.45) is 11.5 Å². The number of amides is 1. The molecule has 0 aromatic rings. The molecule has 1 amide bonds. The van der Waals surface area contributed by atoms with Crippen LogP contribution in [0.2, 0.25) is 0 Å². The van der Waals surface area contributed by atoms with Crippen LogP contribution in [0.25, 0.3) is 0 Å². The van der Waals surface area contributed by atoms with E-state index >= 15 is 0 Å². The number of ketones is 1. The Balaban J connectivity index is 3.56. The lowest BCUT2D eigenvalue weighted by Gasteiger charge is -2.05. The van der Waals surface area contributed by atoms with Crippen LogP contribution >= 0.6 is 0 Å². The van der Waals surface area contributed by atoms with Crippen molar-refractivity contribution in [3.8, 4) is 0 Å². The third-order valence-electron chi connectivity index (χ3n) is 1.73. The molecule has 0 bridgehead atoms. The van der Waals surface area contributed by atoms with Crippen LogP contribution in [-0.2, 0) is 9.59 Å². The van der Waals surface area contributed by atoms with E-state index in [4.69, 9.17) is 16.6 Å². The van der Waals surface area contributed by atoms with Gasteiger partial charge in [0.05, 0.1) is 0 Å². The molecule has 0 aliphatic heterocycles. The molecule has 0 rings (SSSR count). The lowest BCUT2D eigenvalue weighted by atomic mass is 10.1. The second-order valence-corrected chi connectivity index (χ2v) is 2.88. The van der Waals surface area contributed by atoms with Crippen molar-refractivity contribution in [1.82, 2.24) is 0 Å². The summed E-state index contributed by atoms with van der Waals surface area (Å²) in [5.74, 6) is -1.11. The molecule has 0 saturated heterocycles. The smallest absolute Gasteiger partial charge is 0.242 e. The number of aliphatic hydroxyl groups excluding tert-OH is 1. The number of carbonyl (C=O) groups is 2. The Kier molecular flexibility index (Phi) is 6.09. The average molecular weight is 188 g/mol. The zero-order chi connectivity index (χ0) is 10.3. The third-order valence-corrected chi connectivity index (χ3v) is 1.73. The molecule has 0 aliphatic carbocycles. The van der Waals surface area contributed by atoms with Crippen LogP contribution in [0.15, 0.2) is 0 Å². The largest absolute Gasteiger partial charge is 0.396 e. The lowest BCUT2D eigenvalue weighted by molar-refractivity contribution is -0.128. The molecule has 5 N–H and O–H groups in total. The second-order valence-electron chi connectivity index (χ2n) is 2.88. The molecule has 76 valence electrons. The number of nitrogens with two attached hydrogens (primary N) is 2. The molecular weight excluding hydrogens is 172 g/mol. The van der Waals surface area contributed by atoms with Crippen molar-refractivity contribution in [2.45, 2.75) is 31.7 Å². The van der Waals surface area contributed by atoms with Crippen molar-refractivity contribution in [3.63, 3.8) is 0 Å². The second kappa shape index (κ2) is 6.56. The van der Waals surface area contributed by atoms with Crippen molar-refractivity contribution in [1.29, 1.82) is 0 Å². The van der Waals surface area contributed by atoms with Crippen molar-refractivity contribution < 1.29 is 14.7 Å². The number of hydrogen-bond donors (Lipinski definition) is 3. The van der Waals surface area contributed by atoms with E-state index in [1.54, 1.807) is 0 Å². The Morgan fingerprint density at radius 2 is 1.85 bits per heavy atom. The van der Waals surface area contributed by atoms with E-state index < -0.39 is 11.9 Å². The van der Waals surface area contributed by atoms with E-state index in [1.165, 1.54) is 0 Å². The van der Waals surface area contributed by atoms with Crippen LogP contribution in [0.3, 0.4) is 0 Å². The van der Waals surface area contributed by atoms with Crippen LogP contribution in [0, 0.1) is 0 Å². The van der Waals surface area contributed by atoms with Crippen LogP contribution in [0.5, 0.6) is 0 Å². The monoisotopic (exact) mass is 188 g/mol. The predicted octanol–water partition coefficient (Wildman–Crippen LogP) is -1.08. The first kappa shape index (κ1) is 12.1. The molecule has 5 nitrogen and oxygen atoms in total. The van der Waals surface area contributed by atoms with E-state index in [1.807, 2.05) is 0 Å². The zero-order valence-electron chi connectivity index (χ0n) is 7.53. The summed E-state index contributed by atoms with van der Waals surface area (Å²) in [6.45, 7) is 0.121. The Morgan fingerprint density at radius 3 is 2.31 bits per heavy atom. The molecule has 5 heteroatoms. The SMILES string of the molecule is NC(=O)C(N)C(=O)CCCCCO. The molecule has 0 spiro atoms. The van der Waals surface area contributed by atoms with Crippen molar-refractivity contribution >= 4 is 11.7 Å². The summed E-state index contributed by atoms with van der Waals surface area (Å²) < 4.78 is 0. The maximum absolute atomic E-state index is 11.1. The van der Waals surface area contributed by atoms with Crippen LogP contribution in [0.4, 0.5) is 0 Å². The van der Waals surface area contributed by atoms with Gasteiger partial charge in [-0.2, -0.15) is 0 Å². The van der Waals surface area contributed by atoms with Gasteiger partial charge in [0.15, 0.2) is 5.78 Å². The number of primary amides is 1. The van der Waals surface area contributed by atoms with Gasteiger partial charge in [-0.25, -0.2) is 0 Å². The maximum atomic E-state index is 11.1. The lowest BCUT2D eigenvalue weighted by Crippen LogP contribution is -2.43. The van der Waals surface area contributed by atoms with E-state index in [9.17, 15) is 9.59 Å². The summed E-state index contributed by atoms with van der Waals surface area (Å²) in [5, 5.41) is 8.45. The van der Waals surface area contributed by atoms with Crippen LogP contribution in [0.1, 0.15) is 25.7 Å². The molecule has 1 atom stereocenters. The van der Waals surface area contributed by atoms with Gasteiger partial charge in [-0.1, -0.05) is 6.42 Å². The zero-order valence-corrected chi connectivity index (χ0v) is 7.53. The number of unbranched alkanes of at least 4 members (excludes halogenated alkanes) is 2. The first-order valence-corrected chi connectivity index (χ1v) is 4.28. The molecule has 0 aromatic carbocycles. The maximum Gasteiger partial charge on any atom is 0.242 e. The minimum absolute atomic E-state index is 0.121. The summed E-state index contributed by atoms with van der Waals surface area (Å²) in [6, 6.07) is -1.17. The number of hydrogen-bond acceptors (Lipinski definition) is 4. The summed E-state index contributed by atoms with van der Waals surface area (Å²) in [7, 11) is 0. The molecule has 13 heavy (non-hydrogen) atoms. The van der Waals surface area contributed by atoms with Crippen molar-refractivity contribution in [3.05, 3.63) is 0 Å².